The van der Waals surface area contributed by atoms with Gasteiger partial charge in [0.2, 0.25) is 5.91 Å². The Labute approximate surface area is 114 Å². The molecule has 20 heavy (non-hydrogen) atoms. The zero-order chi connectivity index (χ0) is 15.2. The lowest BCUT2D eigenvalue weighted by molar-refractivity contribution is -0.134. The summed E-state index contributed by atoms with van der Waals surface area (Å²) in [6, 6.07) is -0.633. The van der Waals surface area contributed by atoms with E-state index < -0.39 is 35.7 Å². The van der Waals surface area contributed by atoms with Crippen molar-refractivity contribution >= 4 is 5.91 Å². The van der Waals surface area contributed by atoms with Crippen molar-refractivity contribution in [3.63, 3.8) is 0 Å². The van der Waals surface area contributed by atoms with Crippen LogP contribution in [0, 0.1) is 6.92 Å². The van der Waals surface area contributed by atoms with Crippen LogP contribution in [0.25, 0.3) is 0 Å². The Morgan fingerprint density at radius 2 is 1.90 bits per heavy atom. The lowest BCUT2D eigenvalue weighted by Gasteiger charge is -2.28. The van der Waals surface area contributed by atoms with Crippen molar-refractivity contribution in [1.29, 1.82) is 0 Å². The normalized spacial score (nSPS) is 29.8. The molecule has 0 unspecified atom stereocenters. The van der Waals surface area contributed by atoms with Crippen LogP contribution in [0.15, 0.2) is 15.8 Å². The number of carbonyl (C=O) groups excluding carboxylic acids is 1. The minimum absolute atomic E-state index is 0.273. The maximum Gasteiger partial charge on any atom is 0.330 e. The molecular weight excluding hydrogens is 266 g/mol. The molecule has 0 saturated carbocycles. The quantitative estimate of drug-likeness (QED) is 0.569. The highest BCUT2D eigenvalue weighted by atomic mass is 16.3. The van der Waals surface area contributed by atoms with E-state index >= 15 is 0 Å². The van der Waals surface area contributed by atoms with Gasteiger partial charge in [0, 0.05) is 18.7 Å². The molecule has 110 valence electrons. The highest BCUT2D eigenvalue weighted by Crippen LogP contribution is 2.31. The minimum atomic E-state index is -1.31. The number of aliphatic hydroxyl groups excluding tert-OH is 2. The number of H-pyrrole nitrogens is 1. The van der Waals surface area contributed by atoms with Crippen molar-refractivity contribution < 1.29 is 15.0 Å². The number of aromatic amines is 1. The lowest BCUT2D eigenvalue weighted by Crippen LogP contribution is -2.44. The summed E-state index contributed by atoms with van der Waals surface area (Å²) in [5.41, 5.74) is -0.992. The van der Waals surface area contributed by atoms with Crippen molar-refractivity contribution in [2.45, 2.75) is 45.2 Å². The van der Waals surface area contributed by atoms with Gasteiger partial charge in [0.15, 0.2) is 0 Å². The zero-order valence-corrected chi connectivity index (χ0v) is 11.4. The first-order valence-corrected chi connectivity index (χ1v) is 6.22. The van der Waals surface area contributed by atoms with E-state index in [1.807, 2.05) is 0 Å². The first-order chi connectivity index (χ1) is 9.25. The average Bonchev–Trinajstić information content (AvgIpc) is 2.58. The number of hydrogen-bond acceptors (Lipinski definition) is 5. The van der Waals surface area contributed by atoms with Gasteiger partial charge in [-0.3, -0.25) is 19.1 Å². The van der Waals surface area contributed by atoms with Crippen LogP contribution in [-0.4, -0.2) is 48.8 Å². The van der Waals surface area contributed by atoms with E-state index in [-0.39, 0.29) is 11.5 Å². The maximum atomic E-state index is 11.9. The molecule has 8 nitrogen and oxygen atoms in total. The van der Waals surface area contributed by atoms with E-state index in [9.17, 15) is 24.6 Å². The molecule has 3 N–H and O–H groups in total. The molecule has 8 heteroatoms. The summed E-state index contributed by atoms with van der Waals surface area (Å²) in [4.78, 5) is 38.3. The third-order valence-electron chi connectivity index (χ3n) is 3.67. The number of amides is 1. The number of nitrogens with one attached hydrogen (secondary N) is 1. The third kappa shape index (κ3) is 2.06. The average molecular weight is 283 g/mol. The van der Waals surface area contributed by atoms with E-state index in [0.717, 1.165) is 4.57 Å². The second-order valence-corrected chi connectivity index (χ2v) is 5.04. The van der Waals surface area contributed by atoms with Crippen molar-refractivity contribution in [2.24, 2.45) is 0 Å². The molecule has 2 rings (SSSR count). The van der Waals surface area contributed by atoms with Crippen molar-refractivity contribution in [2.75, 3.05) is 0 Å². The Balaban J connectivity index is 2.60. The fourth-order valence-electron chi connectivity index (χ4n) is 2.59. The van der Waals surface area contributed by atoms with Gasteiger partial charge >= 0.3 is 5.69 Å². The van der Waals surface area contributed by atoms with E-state index in [2.05, 4.69) is 4.98 Å². The van der Waals surface area contributed by atoms with E-state index in [1.54, 1.807) is 6.92 Å². The molecule has 0 aliphatic carbocycles. The second-order valence-electron chi connectivity index (χ2n) is 5.04. The van der Waals surface area contributed by atoms with Crippen LogP contribution in [-0.2, 0) is 4.79 Å². The van der Waals surface area contributed by atoms with Crippen molar-refractivity contribution in [1.82, 2.24) is 14.5 Å². The van der Waals surface area contributed by atoms with Gasteiger partial charge in [0.1, 0.15) is 18.4 Å². The smallest absolute Gasteiger partial charge is 0.330 e. The summed E-state index contributed by atoms with van der Waals surface area (Å²) in [7, 11) is 0. The Hall–Kier alpha value is -1.93. The molecule has 0 radical (unpaired) electrons. The van der Waals surface area contributed by atoms with Crippen molar-refractivity contribution in [3.8, 4) is 0 Å². The van der Waals surface area contributed by atoms with Crippen molar-refractivity contribution in [3.05, 3.63) is 32.6 Å². The molecular formula is C12H17N3O5. The summed E-state index contributed by atoms with van der Waals surface area (Å²) in [6.07, 6.45) is -2.24. The molecule has 0 aromatic carbocycles. The molecule has 1 fully saturated rings. The summed E-state index contributed by atoms with van der Waals surface area (Å²) < 4.78 is 1.06. The molecule has 2 heterocycles. The van der Waals surface area contributed by atoms with Gasteiger partial charge in [0.25, 0.3) is 5.56 Å². The van der Waals surface area contributed by atoms with Crippen LogP contribution in [0.4, 0.5) is 0 Å². The first-order valence-electron chi connectivity index (χ1n) is 6.22. The molecule has 0 spiro atoms. The summed E-state index contributed by atoms with van der Waals surface area (Å²) in [5, 5.41) is 20.0. The number of aromatic nitrogens is 2. The SMILES string of the molecule is CC(=O)N1[C@H](C)[C@@H](O)[C@@H](O)[C@H]1n1cc(C)c(=O)[nH]c1=O. The topological polar surface area (TPSA) is 116 Å². The summed E-state index contributed by atoms with van der Waals surface area (Å²) >= 11 is 0. The molecule has 1 aromatic rings. The molecule has 1 saturated heterocycles. The maximum absolute atomic E-state index is 11.9. The zero-order valence-electron chi connectivity index (χ0n) is 11.4. The Morgan fingerprint density at radius 1 is 1.30 bits per heavy atom. The Bertz CT molecular complexity index is 649. The molecule has 1 amide bonds. The van der Waals surface area contributed by atoms with E-state index in [0.29, 0.717) is 0 Å². The lowest BCUT2D eigenvalue weighted by atomic mass is 10.1. The molecule has 1 aliphatic heterocycles. The van der Waals surface area contributed by atoms with Crippen LogP contribution in [0.2, 0.25) is 0 Å². The fraction of sp³-hybridized carbons (Fsp3) is 0.583. The summed E-state index contributed by atoms with van der Waals surface area (Å²) in [6.45, 7) is 4.38. The fourth-order valence-corrected chi connectivity index (χ4v) is 2.59. The Morgan fingerprint density at radius 3 is 2.45 bits per heavy atom. The van der Waals surface area contributed by atoms with Gasteiger partial charge in [-0.05, 0) is 13.8 Å². The Kier molecular flexibility index (Phi) is 3.53. The number of carbonyl (C=O) groups is 1. The van der Waals surface area contributed by atoms with Crippen LogP contribution >= 0.6 is 0 Å². The number of rotatable bonds is 1. The monoisotopic (exact) mass is 283 g/mol. The molecule has 1 aromatic heterocycles. The number of nitrogens with zero attached hydrogens (tertiary/aromatic N) is 2. The van der Waals surface area contributed by atoms with Gasteiger partial charge in [0.05, 0.1) is 6.04 Å². The van der Waals surface area contributed by atoms with Crippen LogP contribution in [0.1, 0.15) is 25.6 Å². The second kappa shape index (κ2) is 4.88. The van der Waals surface area contributed by atoms with Crippen LogP contribution < -0.4 is 11.2 Å². The first kappa shape index (κ1) is 14.5. The van der Waals surface area contributed by atoms with Gasteiger partial charge in [-0.1, -0.05) is 0 Å². The molecule has 0 bridgehead atoms. The number of aliphatic hydroxyl groups is 2. The van der Waals surface area contributed by atoms with Gasteiger partial charge in [-0.2, -0.15) is 0 Å². The number of aryl methyl sites for hydroxylation is 1. The largest absolute Gasteiger partial charge is 0.388 e. The number of likely N-dealkylation sites (tertiary alicyclic amines) is 1. The summed E-state index contributed by atoms with van der Waals surface area (Å²) in [5.74, 6) is -0.381. The van der Waals surface area contributed by atoms with Gasteiger partial charge in [-0.15, -0.1) is 0 Å². The highest BCUT2D eigenvalue weighted by molar-refractivity contribution is 5.74. The molecule has 1 aliphatic rings. The van der Waals surface area contributed by atoms with Gasteiger partial charge < -0.3 is 15.1 Å². The molecule has 4 atom stereocenters. The van der Waals surface area contributed by atoms with Crippen LogP contribution in [0.5, 0.6) is 0 Å². The highest BCUT2D eigenvalue weighted by Gasteiger charge is 2.48. The van der Waals surface area contributed by atoms with E-state index in [1.165, 1.54) is 24.9 Å². The number of hydrogen-bond donors (Lipinski definition) is 3. The predicted molar refractivity (Wildman–Crippen MR) is 69.1 cm³/mol. The minimum Gasteiger partial charge on any atom is -0.388 e. The standard InChI is InChI=1S/C12H17N3O5/c1-5-4-14(12(20)13-10(5)19)11-9(18)8(17)6(2)15(11)7(3)16/h4,6,8-9,11,17-18H,1-3H3,(H,13,19,20)/t6-,8-,9-,11+/m1/s1. The predicted octanol–water partition coefficient (Wildman–Crippen LogP) is -1.68. The third-order valence-corrected chi connectivity index (χ3v) is 3.67. The van der Waals surface area contributed by atoms with Gasteiger partial charge in [-0.25, -0.2) is 4.79 Å². The van der Waals surface area contributed by atoms with Crippen LogP contribution in [0.3, 0.4) is 0 Å². The van der Waals surface area contributed by atoms with E-state index in [4.69, 9.17) is 0 Å².